The Hall–Kier alpha value is -2.37. The van der Waals surface area contributed by atoms with Crippen molar-refractivity contribution in [3.63, 3.8) is 0 Å². The third-order valence-electron chi connectivity index (χ3n) is 2.20. The van der Waals surface area contributed by atoms with Crippen LogP contribution < -0.4 is 10.5 Å². The molecule has 0 bridgehead atoms. The molecule has 0 unspecified atom stereocenters. The van der Waals surface area contributed by atoms with E-state index in [1.54, 1.807) is 36.4 Å². The Morgan fingerprint density at radius 2 is 1.45 bits per heavy atom. The molecule has 2 aromatic rings. The summed E-state index contributed by atoms with van der Waals surface area (Å²) in [5.41, 5.74) is 3.23. The van der Waals surface area contributed by atoms with E-state index in [0.717, 1.165) is 0 Å². The smallest absolute Gasteiger partial charge is 0.247 e. The predicted octanol–water partition coefficient (Wildman–Crippen LogP) is 3.55. The fraction of sp³-hybridized carbons (Fsp3) is 0.133. The molecule has 0 aliphatic rings. The SMILES string of the molecule is C.CC(=O)N(O)c1ccccc1.ONc1ccccc1. The van der Waals surface area contributed by atoms with Gasteiger partial charge in [0.15, 0.2) is 0 Å². The van der Waals surface area contributed by atoms with Gasteiger partial charge in [0.05, 0.1) is 11.4 Å². The fourth-order valence-corrected chi connectivity index (χ4v) is 1.26. The van der Waals surface area contributed by atoms with Crippen LogP contribution in [0.2, 0.25) is 0 Å². The van der Waals surface area contributed by atoms with Crippen LogP contribution in [-0.2, 0) is 4.79 Å². The molecule has 5 nitrogen and oxygen atoms in total. The van der Waals surface area contributed by atoms with Gasteiger partial charge in [0.25, 0.3) is 0 Å². The highest BCUT2D eigenvalue weighted by Gasteiger charge is 2.04. The van der Waals surface area contributed by atoms with Gasteiger partial charge in [-0.2, -0.15) is 5.06 Å². The largest absolute Gasteiger partial charge is 0.291 e. The van der Waals surface area contributed by atoms with Crippen molar-refractivity contribution in [2.75, 3.05) is 10.5 Å². The summed E-state index contributed by atoms with van der Waals surface area (Å²) in [6.07, 6.45) is 0. The zero-order valence-electron chi connectivity index (χ0n) is 10.5. The number of carbonyl (C=O) groups is 1. The molecule has 0 saturated heterocycles. The maximum absolute atomic E-state index is 10.6. The number of hydroxylamine groups is 1. The Balaban J connectivity index is 0.000000359. The van der Waals surface area contributed by atoms with E-state index < -0.39 is 5.91 Å². The highest BCUT2D eigenvalue weighted by molar-refractivity contribution is 5.88. The van der Waals surface area contributed by atoms with Crippen LogP contribution in [-0.4, -0.2) is 16.3 Å². The van der Waals surface area contributed by atoms with Crippen LogP contribution in [0.4, 0.5) is 11.4 Å². The molecular weight excluding hydrogens is 256 g/mol. The van der Waals surface area contributed by atoms with Crippen LogP contribution in [0.5, 0.6) is 0 Å². The maximum atomic E-state index is 10.6. The van der Waals surface area contributed by atoms with Gasteiger partial charge >= 0.3 is 0 Å². The number of rotatable bonds is 2. The molecule has 0 spiro atoms. The van der Waals surface area contributed by atoms with Crippen molar-refractivity contribution in [2.24, 2.45) is 0 Å². The molecule has 5 heteroatoms. The maximum Gasteiger partial charge on any atom is 0.247 e. The molecule has 0 radical (unpaired) electrons. The van der Waals surface area contributed by atoms with Crippen LogP contribution in [0.3, 0.4) is 0 Å². The Kier molecular flexibility index (Phi) is 8.41. The topological polar surface area (TPSA) is 72.8 Å². The molecule has 0 atom stereocenters. The molecule has 0 fully saturated rings. The van der Waals surface area contributed by atoms with Gasteiger partial charge in [0.2, 0.25) is 5.91 Å². The second-order valence-electron chi connectivity index (χ2n) is 3.64. The Bertz CT molecular complexity index is 489. The summed E-state index contributed by atoms with van der Waals surface area (Å²) in [6.45, 7) is 1.30. The van der Waals surface area contributed by atoms with E-state index >= 15 is 0 Å². The molecule has 3 N–H and O–H groups in total. The van der Waals surface area contributed by atoms with E-state index in [1.165, 1.54) is 6.92 Å². The van der Waals surface area contributed by atoms with Crippen molar-refractivity contribution in [2.45, 2.75) is 14.4 Å². The van der Waals surface area contributed by atoms with Gasteiger partial charge in [-0.15, -0.1) is 0 Å². The summed E-state index contributed by atoms with van der Waals surface area (Å²) in [4.78, 5) is 10.6. The molecule has 0 heterocycles. The van der Waals surface area contributed by atoms with Gasteiger partial charge in [0.1, 0.15) is 0 Å². The molecule has 2 aromatic carbocycles. The quantitative estimate of drug-likeness (QED) is 0.579. The van der Waals surface area contributed by atoms with E-state index in [4.69, 9.17) is 10.4 Å². The lowest BCUT2D eigenvalue weighted by atomic mass is 10.3. The van der Waals surface area contributed by atoms with E-state index in [9.17, 15) is 4.79 Å². The van der Waals surface area contributed by atoms with Crippen LogP contribution in [0.25, 0.3) is 0 Å². The van der Waals surface area contributed by atoms with E-state index in [2.05, 4.69) is 0 Å². The first-order valence-corrected chi connectivity index (χ1v) is 5.65. The Morgan fingerprint density at radius 1 is 1.00 bits per heavy atom. The number of nitrogens with one attached hydrogen (secondary N) is 1. The number of anilines is 2. The number of hydrogen-bond donors (Lipinski definition) is 3. The predicted molar refractivity (Wildman–Crippen MR) is 80.0 cm³/mol. The minimum atomic E-state index is -0.392. The number of amides is 1. The summed E-state index contributed by atoms with van der Waals surface area (Å²) < 4.78 is 0. The molecule has 20 heavy (non-hydrogen) atoms. The van der Waals surface area contributed by atoms with Gasteiger partial charge in [-0.1, -0.05) is 43.8 Å². The van der Waals surface area contributed by atoms with Gasteiger partial charge in [-0.3, -0.25) is 20.7 Å². The minimum Gasteiger partial charge on any atom is -0.291 e. The summed E-state index contributed by atoms with van der Waals surface area (Å²) in [6, 6.07) is 17.8. The van der Waals surface area contributed by atoms with Gasteiger partial charge in [-0.05, 0) is 24.3 Å². The summed E-state index contributed by atoms with van der Waals surface area (Å²) in [5.74, 6) is -0.392. The lowest BCUT2D eigenvalue weighted by Crippen LogP contribution is -2.23. The fourth-order valence-electron chi connectivity index (χ4n) is 1.26. The summed E-state index contributed by atoms with van der Waals surface area (Å²) in [7, 11) is 0. The lowest BCUT2D eigenvalue weighted by Gasteiger charge is -2.11. The standard InChI is InChI=1S/C8H9NO2.C6H7NO.CH4/c1-7(10)9(11)8-5-3-2-4-6-8;8-7-6-4-2-1-3-5-6;/h2-6,11H,1H3;1-5,7-8H;1H4. The Morgan fingerprint density at radius 3 is 1.80 bits per heavy atom. The third kappa shape index (κ3) is 5.99. The minimum absolute atomic E-state index is 0. The first-order valence-electron chi connectivity index (χ1n) is 5.65. The lowest BCUT2D eigenvalue weighted by molar-refractivity contribution is -0.121. The molecular formula is C15H20N2O3. The first kappa shape index (κ1) is 17.6. The third-order valence-corrected chi connectivity index (χ3v) is 2.20. The Labute approximate surface area is 119 Å². The van der Waals surface area contributed by atoms with E-state index in [1.807, 2.05) is 29.7 Å². The first-order chi connectivity index (χ1) is 9.15. The molecule has 0 aliphatic heterocycles. The van der Waals surface area contributed by atoms with E-state index in [-0.39, 0.29) is 7.43 Å². The van der Waals surface area contributed by atoms with Crippen molar-refractivity contribution >= 4 is 17.3 Å². The van der Waals surface area contributed by atoms with Crippen LogP contribution in [0.15, 0.2) is 60.7 Å². The number of hydrogen-bond acceptors (Lipinski definition) is 4. The zero-order chi connectivity index (χ0) is 14.1. The average Bonchev–Trinajstić information content (AvgIpc) is 2.48. The van der Waals surface area contributed by atoms with Crippen molar-refractivity contribution in [3.05, 3.63) is 60.7 Å². The molecule has 0 aliphatic carbocycles. The van der Waals surface area contributed by atoms with Gasteiger partial charge in [-0.25, -0.2) is 0 Å². The molecule has 108 valence electrons. The second kappa shape index (κ2) is 9.55. The van der Waals surface area contributed by atoms with Crippen LogP contribution >= 0.6 is 0 Å². The average molecular weight is 276 g/mol. The normalized spacial score (nSPS) is 8.55. The van der Waals surface area contributed by atoms with E-state index in [0.29, 0.717) is 16.4 Å². The summed E-state index contributed by atoms with van der Waals surface area (Å²) in [5, 5.41) is 18.0. The number of carbonyl (C=O) groups excluding carboxylic acids is 1. The number of benzene rings is 2. The van der Waals surface area contributed by atoms with Crippen LogP contribution in [0, 0.1) is 0 Å². The van der Waals surface area contributed by atoms with Crippen molar-refractivity contribution in [1.82, 2.24) is 0 Å². The van der Waals surface area contributed by atoms with Crippen molar-refractivity contribution in [1.29, 1.82) is 0 Å². The number of para-hydroxylation sites is 2. The zero-order valence-corrected chi connectivity index (χ0v) is 10.5. The summed E-state index contributed by atoms with van der Waals surface area (Å²) >= 11 is 0. The van der Waals surface area contributed by atoms with Crippen molar-refractivity contribution < 1.29 is 15.2 Å². The van der Waals surface area contributed by atoms with Gasteiger partial charge in [0, 0.05) is 6.92 Å². The highest BCUT2D eigenvalue weighted by atomic mass is 16.5. The second-order valence-corrected chi connectivity index (χ2v) is 3.64. The highest BCUT2D eigenvalue weighted by Crippen LogP contribution is 2.09. The molecule has 2 rings (SSSR count). The number of nitrogens with zero attached hydrogens (tertiary/aromatic N) is 1. The van der Waals surface area contributed by atoms with Gasteiger partial charge < -0.3 is 0 Å². The molecule has 1 amide bonds. The monoisotopic (exact) mass is 276 g/mol. The van der Waals surface area contributed by atoms with Crippen LogP contribution in [0.1, 0.15) is 14.4 Å². The molecule has 0 aromatic heterocycles. The molecule has 0 saturated carbocycles. The van der Waals surface area contributed by atoms with Crippen molar-refractivity contribution in [3.8, 4) is 0 Å².